The van der Waals surface area contributed by atoms with Crippen LogP contribution in [0.2, 0.25) is 0 Å². The Hall–Kier alpha value is -2.87. The van der Waals surface area contributed by atoms with Gasteiger partial charge in [0.2, 0.25) is 0 Å². The van der Waals surface area contributed by atoms with Crippen LogP contribution in [0.5, 0.6) is 0 Å². The highest BCUT2D eigenvalue weighted by Crippen LogP contribution is 2.32. The fraction of sp³-hybridized carbons (Fsp3) is 0.300. The fourth-order valence-corrected chi connectivity index (χ4v) is 3.77. The standard InChI is InChI=1S/C20H22N2O5S/c1-14(15-7-8-15)21-19(23)13-27-20(24)16-9-11-18(12-10-16)28(25,26)22-17-5-3-2-4-6-17/h2-6,9-12,14-15,22H,7-8,13H2,1H3,(H,21,23)/t14-/m0/s1. The van der Waals surface area contributed by atoms with Gasteiger partial charge < -0.3 is 10.1 Å². The smallest absolute Gasteiger partial charge is 0.338 e. The van der Waals surface area contributed by atoms with Crippen molar-refractivity contribution in [3.63, 3.8) is 0 Å². The van der Waals surface area contributed by atoms with Gasteiger partial charge in [-0.15, -0.1) is 0 Å². The van der Waals surface area contributed by atoms with Crippen LogP contribution in [0.15, 0.2) is 59.5 Å². The molecule has 0 spiro atoms. The Balaban J connectivity index is 1.55. The van der Waals surface area contributed by atoms with Crippen LogP contribution in [-0.4, -0.2) is 32.9 Å². The maximum absolute atomic E-state index is 12.4. The minimum absolute atomic E-state index is 0.0175. The maximum atomic E-state index is 12.4. The van der Waals surface area contributed by atoms with Gasteiger partial charge in [0, 0.05) is 11.7 Å². The zero-order valence-corrected chi connectivity index (χ0v) is 16.2. The van der Waals surface area contributed by atoms with Crippen molar-refractivity contribution in [3.05, 3.63) is 60.2 Å². The third-order valence-corrected chi connectivity index (χ3v) is 5.88. The van der Waals surface area contributed by atoms with Gasteiger partial charge >= 0.3 is 5.97 Å². The SMILES string of the molecule is C[C@H](NC(=O)COC(=O)c1ccc(S(=O)(=O)Nc2ccccc2)cc1)C1CC1. The largest absolute Gasteiger partial charge is 0.452 e. The number of esters is 1. The zero-order valence-electron chi connectivity index (χ0n) is 15.4. The lowest BCUT2D eigenvalue weighted by molar-refractivity contribution is -0.124. The van der Waals surface area contributed by atoms with Crippen molar-refractivity contribution in [2.24, 2.45) is 5.92 Å². The van der Waals surface area contributed by atoms with Gasteiger partial charge in [-0.1, -0.05) is 18.2 Å². The third-order valence-electron chi connectivity index (χ3n) is 4.48. The van der Waals surface area contributed by atoms with Crippen LogP contribution in [0.3, 0.4) is 0 Å². The van der Waals surface area contributed by atoms with E-state index in [4.69, 9.17) is 4.74 Å². The molecular weight excluding hydrogens is 380 g/mol. The molecule has 1 aliphatic carbocycles. The van der Waals surface area contributed by atoms with Crippen LogP contribution in [0.4, 0.5) is 5.69 Å². The normalized spacial score (nSPS) is 14.8. The summed E-state index contributed by atoms with van der Waals surface area (Å²) in [5, 5.41) is 2.80. The summed E-state index contributed by atoms with van der Waals surface area (Å²) in [6.45, 7) is 1.56. The predicted octanol–water partition coefficient (Wildman–Crippen LogP) is 2.56. The predicted molar refractivity (Wildman–Crippen MR) is 104 cm³/mol. The van der Waals surface area contributed by atoms with Crippen LogP contribution in [0.1, 0.15) is 30.1 Å². The number of benzene rings is 2. The Morgan fingerprint density at radius 1 is 1.07 bits per heavy atom. The van der Waals surface area contributed by atoms with Crippen molar-refractivity contribution in [2.75, 3.05) is 11.3 Å². The molecule has 0 radical (unpaired) electrons. The highest BCUT2D eigenvalue weighted by Gasteiger charge is 2.29. The molecule has 1 atom stereocenters. The number of rotatable bonds is 8. The molecule has 0 aromatic heterocycles. The average Bonchev–Trinajstić information content (AvgIpc) is 3.52. The van der Waals surface area contributed by atoms with E-state index >= 15 is 0 Å². The van der Waals surface area contributed by atoms with E-state index in [-0.39, 0.29) is 29.0 Å². The van der Waals surface area contributed by atoms with Gasteiger partial charge in [0.1, 0.15) is 0 Å². The fourth-order valence-electron chi connectivity index (χ4n) is 2.71. The molecule has 1 fully saturated rings. The first-order valence-corrected chi connectivity index (χ1v) is 10.5. The molecule has 28 heavy (non-hydrogen) atoms. The first-order valence-electron chi connectivity index (χ1n) is 8.99. The summed E-state index contributed by atoms with van der Waals surface area (Å²) in [6, 6.07) is 13.9. The van der Waals surface area contributed by atoms with Gasteiger partial charge in [0.25, 0.3) is 15.9 Å². The second-order valence-corrected chi connectivity index (χ2v) is 8.45. The van der Waals surface area contributed by atoms with Gasteiger partial charge in [-0.05, 0) is 62.1 Å². The Morgan fingerprint density at radius 3 is 2.32 bits per heavy atom. The molecule has 1 aliphatic rings. The Bertz CT molecular complexity index is 938. The molecule has 0 aliphatic heterocycles. The quantitative estimate of drug-likeness (QED) is 0.661. The first-order chi connectivity index (χ1) is 13.3. The number of amides is 1. The van der Waals surface area contributed by atoms with Gasteiger partial charge in [0.05, 0.1) is 10.5 Å². The van der Waals surface area contributed by atoms with Gasteiger partial charge in [-0.3, -0.25) is 9.52 Å². The number of ether oxygens (including phenoxy) is 1. The van der Waals surface area contributed by atoms with E-state index in [1.807, 2.05) is 6.92 Å². The summed E-state index contributed by atoms with van der Waals surface area (Å²) < 4.78 is 32.2. The highest BCUT2D eigenvalue weighted by atomic mass is 32.2. The van der Waals surface area contributed by atoms with Crippen molar-refractivity contribution < 1.29 is 22.7 Å². The van der Waals surface area contributed by atoms with Crippen molar-refractivity contribution in [2.45, 2.75) is 30.7 Å². The van der Waals surface area contributed by atoms with Crippen LogP contribution in [0.25, 0.3) is 0 Å². The Kier molecular flexibility index (Phi) is 5.99. The molecule has 148 valence electrons. The average molecular weight is 402 g/mol. The Labute approximate surface area is 164 Å². The van der Waals surface area contributed by atoms with Crippen molar-refractivity contribution in [1.29, 1.82) is 0 Å². The number of carbonyl (C=O) groups is 2. The van der Waals surface area contributed by atoms with Crippen LogP contribution < -0.4 is 10.0 Å². The Morgan fingerprint density at radius 2 is 1.71 bits per heavy atom. The molecule has 8 heteroatoms. The van der Waals surface area contributed by atoms with E-state index in [0.717, 1.165) is 12.8 Å². The molecule has 2 aromatic carbocycles. The topological polar surface area (TPSA) is 102 Å². The number of nitrogens with one attached hydrogen (secondary N) is 2. The van der Waals surface area contributed by atoms with Gasteiger partial charge in [-0.2, -0.15) is 0 Å². The molecule has 0 saturated heterocycles. The van der Waals surface area contributed by atoms with Crippen LogP contribution in [-0.2, 0) is 19.6 Å². The number of carbonyl (C=O) groups excluding carboxylic acids is 2. The van der Waals surface area contributed by atoms with E-state index in [1.54, 1.807) is 30.3 Å². The summed E-state index contributed by atoms with van der Waals surface area (Å²) in [4.78, 5) is 23.9. The van der Waals surface area contributed by atoms with Crippen molar-refractivity contribution in [1.82, 2.24) is 5.32 Å². The van der Waals surface area contributed by atoms with Crippen molar-refractivity contribution in [3.8, 4) is 0 Å². The lowest BCUT2D eigenvalue weighted by Crippen LogP contribution is -2.37. The second-order valence-electron chi connectivity index (χ2n) is 6.77. The number of sulfonamides is 1. The van der Waals surface area contributed by atoms with Gasteiger partial charge in [-0.25, -0.2) is 13.2 Å². The second kappa shape index (κ2) is 8.43. The summed E-state index contributed by atoms with van der Waals surface area (Å²) >= 11 is 0. The molecule has 7 nitrogen and oxygen atoms in total. The number of hydrogen-bond donors (Lipinski definition) is 2. The minimum Gasteiger partial charge on any atom is -0.452 e. The van der Waals surface area contributed by atoms with E-state index < -0.39 is 16.0 Å². The molecule has 2 N–H and O–H groups in total. The lowest BCUT2D eigenvalue weighted by Gasteiger charge is -2.13. The van der Waals surface area contributed by atoms with E-state index in [1.165, 1.54) is 24.3 Å². The van der Waals surface area contributed by atoms with Crippen LogP contribution in [0, 0.1) is 5.92 Å². The summed E-state index contributed by atoms with van der Waals surface area (Å²) in [5.41, 5.74) is 0.610. The van der Waals surface area contributed by atoms with Crippen LogP contribution >= 0.6 is 0 Å². The maximum Gasteiger partial charge on any atom is 0.338 e. The number of hydrogen-bond acceptors (Lipinski definition) is 5. The first kappa shape index (κ1) is 19.9. The number of para-hydroxylation sites is 1. The molecule has 2 aromatic rings. The van der Waals surface area contributed by atoms with E-state index in [9.17, 15) is 18.0 Å². The molecule has 0 heterocycles. The van der Waals surface area contributed by atoms with Gasteiger partial charge in [0.15, 0.2) is 6.61 Å². The summed E-state index contributed by atoms with van der Waals surface area (Å²) in [7, 11) is -3.76. The monoisotopic (exact) mass is 402 g/mol. The lowest BCUT2D eigenvalue weighted by atomic mass is 10.2. The minimum atomic E-state index is -3.76. The zero-order chi connectivity index (χ0) is 20.1. The number of anilines is 1. The molecule has 0 bridgehead atoms. The van der Waals surface area contributed by atoms with E-state index in [0.29, 0.717) is 11.6 Å². The third kappa shape index (κ3) is 5.32. The molecular formula is C20H22N2O5S. The molecule has 1 amide bonds. The molecule has 3 rings (SSSR count). The molecule has 1 saturated carbocycles. The van der Waals surface area contributed by atoms with E-state index in [2.05, 4.69) is 10.0 Å². The summed E-state index contributed by atoms with van der Waals surface area (Å²) in [5.74, 6) is -0.521. The summed E-state index contributed by atoms with van der Waals surface area (Å²) in [6.07, 6.45) is 2.21. The highest BCUT2D eigenvalue weighted by molar-refractivity contribution is 7.92. The molecule has 0 unspecified atom stereocenters. The van der Waals surface area contributed by atoms with Crippen molar-refractivity contribution >= 4 is 27.6 Å².